The molecule has 84 valence electrons. The van der Waals surface area contributed by atoms with E-state index in [1.807, 2.05) is 12.1 Å². The van der Waals surface area contributed by atoms with E-state index in [0.29, 0.717) is 18.1 Å². The number of aliphatic imine (C=N–C) groups is 1. The molecule has 0 atom stereocenters. The van der Waals surface area contributed by atoms with Gasteiger partial charge in [-0.25, -0.2) is 4.99 Å². The molecule has 0 unspecified atom stereocenters. The molecule has 0 aliphatic carbocycles. The Balaban J connectivity index is 2.50. The van der Waals surface area contributed by atoms with E-state index in [2.05, 4.69) is 23.3 Å². The van der Waals surface area contributed by atoms with E-state index < -0.39 is 0 Å². The van der Waals surface area contributed by atoms with Crippen LogP contribution in [0.3, 0.4) is 0 Å². The highest BCUT2D eigenvalue weighted by molar-refractivity contribution is 5.77. The van der Waals surface area contributed by atoms with Crippen LogP contribution in [0.25, 0.3) is 0 Å². The minimum absolute atomic E-state index is 0.464. The Bertz CT molecular complexity index is 386. The number of rotatable bonds is 4. The fourth-order valence-corrected chi connectivity index (χ4v) is 1.17. The van der Waals surface area contributed by atoms with Gasteiger partial charge in [-0.05, 0) is 24.1 Å². The van der Waals surface area contributed by atoms with Crippen molar-refractivity contribution in [2.24, 2.45) is 10.7 Å². The van der Waals surface area contributed by atoms with Crippen molar-refractivity contribution in [1.29, 1.82) is 5.26 Å². The summed E-state index contributed by atoms with van der Waals surface area (Å²) in [6.07, 6.45) is 1.02. The van der Waals surface area contributed by atoms with E-state index in [1.54, 1.807) is 12.1 Å². The van der Waals surface area contributed by atoms with Gasteiger partial charge in [0.1, 0.15) is 0 Å². The van der Waals surface area contributed by atoms with Gasteiger partial charge in [-0.15, -0.1) is 0 Å². The summed E-state index contributed by atoms with van der Waals surface area (Å²) in [5.74, 6) is 0.464. The third-order valence-corrected chi connectivity index (χ3v) is 2.07. The molecule has 0 bridgehead atoms. The number of guanidine groups is 1. The smallest absolute Gasteiger partial charge is 0.188 e. The van der Waals surface area contributed by atoms with Crippen LogP contribution >= 0.6 is 0 Å². The first kappa shape index (κ1) is 12.1. The first-order chi connectivity index (χ1) is 7.76. The van der Waals surface area contributed by atoms with Gasteiger partial charge in [-0.3, -0.25) is 0 Å². The molecule has 0 aromatic heterocycles. The monoisotopic (exact) mass is 216 g/mol. The maximum atomic E-state index is 8.64. The largest absolute Gasteiger partial charge is 0.370 e. The Morgan fingerprint density at radius 3 is 2.69 bits per heavy atom. The molecule has 0 spiro atoms. The summed E-state index contributed by atoms with van der Waals surface area (Å²) in [6, 6.07) is 9.40. The Kier molecular flexibility index (Phi) is 4.87. The summed E-state index contributed by atoms with van der Waals surface area (Å²) in [7, 11) is 0. The van der Waals surface area contributed by atoms with Crippen LogP contribution in [0.15, 0.2) is 29.3 Å². The molecule has 0 aliphatic heterocycles. The molecule has 0 saturated carbocycles. The van der Waals surface area contributed by atoms with Gasteiger partial charge in [-0.1, -0.05) is 19.1 Å². The van der Waals surface area contributed by atoms with Crippen molar-refractivity contribution in [3.05, 3.63) is 35.4 Å². The van der Waals surface area contributed by atoms with Gasteiger partial charge in [0, 0.05) is 6.54 Å². The third kappa shape index (κ3) is 4.01. The number of benzene rings is 1. The summed E-state index contributed by atoms with van der Waals surface area (Å²) >= 11 is 0. The highest BCUT2D eigenvalue weighted by atomic mass is 15.1. The van der Waals surface area contributed by atoms with Gasteiger partial charge in [0.25, 0.3) is 0 Å². The van der Waals surface area contributed by atoms with Gasteiger partial charge in [0.15, 0.2) is 5.96 Å². The average molecular weight is 216 g/mol. The van der Waals surface area contributed by atoms with Crippen molar-refractivity contribution < 1.29 is 0 Å². The fraction of sp³-hybridized carbons (Fsp3) is 0.333. The van der Waals surface area contributed by atoms with E-state index in [-0.39, 0.29) is 0 Å². The second-order valence-electron chi connectivity index (χ2n) is 3.44. The minimum Gasteiger partial charge on any atom is -0.370 e. The molecular weight excluding hydrogens is 200 g/mol. The maximum Gasteiger partial charge on any atom is 0.188 e. The van der Waals surface area contributed by atoms with Crippen LogP contribution in [-0.4, -0.2) is 12.5 Å². The Morgan fingerprint density at radius 2 is 2.12 bits per heavy atom. The maximum absolute atomic E-state index is 8.64. The molecule has 0 fully saturated rings. The van der Waals surface area contributed by atoms with E-state index in [0.717, 1.165) is 18.5 Å². The lowest BCUT2D eigenvalue weighted by Crippen LogP contribution is -2.32. The minimum atomic E-state index is 0.464. The molecule has 4 nitrogen and oxygen atoms in total. The van der Waals surface area contributed by atoms with Gasteiger partial charge in [0.05, 0.1) is 18.2 Å². The van der Waals surface area contributed by atoms with Crippen molar-refractivity contribution in [1.82, 2.24) is 5.32 Å². The van der Waals surface area contributed by atoms with Crippen LogP contribution in [0.5, 0.6) is 0 Å². The zero-order valence-electron chi connectivity index (χ0n) is 9.40. The second kappa shape index (κ2) is 6.46. The summed E-state index contributed by atoms with van der Waals surface area (Å²) in [5.41, 5.74) is 7.35. The predicted molar refractivity (Wildman–Crippen MR) is 64.8 cm³/mol. The van der Waals surface area contributed by atoms with Crippen molar-refractivity contribution in [2.75, 3.05) is 6.54 Å². The zero-order valence-corrected chi connectivity index (χ0v) is 9.40. The molecule has 0 radical (unpaired) electrons. The van der Waals surface area contributed by atoms with E-state index >= 15 is 0 Å². The quantitative estimate of drug-likeness (QED) is 0.589. The fourth-order valence-electron chi connectivity index (χ4n) is 1.17. The molecule has 0 saturated heterocycles. The molecule has 3 N–H and O–H groups in total. The van der Waals surface area contributed by atoms with Crippen molar-refractivity contribution in [3.8, 4) is 6.07 Å². The Labute approximate surface area is 95.8 Å². The summed E-state index contributed by atoms with van der Waals surface area (Å²) < 4.78 is 0. The Morgan fingerprint density at radius 1 is 1.44 bits per heavy atom. The van der Waals surface area contributed by atoms with Crippen molar-refractivity contribution >= 4 is 5.96 Å². The predicted octanol–water partition coefficient (Wildman–Crippen LogP) is 1.37. The van der Waals surface area contributed by atoms with Crippen LogP contribution < -0.4 is 11.1 Å². The third-order valence-electron chi connectivity index (χ3n) is 2.07. The van der Waals surface area contributed by atoms with Crippen LogP contribution in [0, 0.1) is 11.3 Å². The number of hydrogen-bond acceptors (Lipinski definition) is 2. The highest BCUT2D eigenvalue weighted by Crippen LogP contribution is 2.04. The first-order valence-corrected chi connectivity index (χ1v) is 5.29. The lowest BCUT2D eigenvalue weighted by Gasteiger charge is -2.03. The molecule has 0 heterocycles. The lowest BCUT2D eigenvalue weighted by atomic mass is 10.1. The SMILES string of the molecule is CCCNC(N)=NCc1ccc(C#N)cc1. The molecule has 1 aromatic carbocycles. The standard InChI is InChI=1S/C12H16N4/c1-2-7-15-12(14)16-9-11-5-3-10(8-13)4-6-11/h3-6H,2,7,9H2,1H3,(H3,14,15,16). The second-order valence-corrected chi connectivity index (χ2v) is 3.44. The van der Waals surface area contributed by atoms with Crippen LogP contribution in [0.4, 0.5) is 0 Å². The normalized spacial score (nSPS) is 10.9. The molecule has 0 aliphatic rings. The van der Waals surface area contributed by atoms with Crippen LogP contribution in [0.2, 0.25) is 0 Å². The topological polar surface area (TPSA) is 74.2 Å². The van der Waals surface area contributed by atoms with Gasteiger partial charge < -0.3 is 11.1 Å². The number of nitrogens with one attached hydrogen (secondary N) is 1. The molecular formula is C12H16N4. The summed E-state index contributed by atoms with van der Waals surface area (Å²) in [6.45, 7) is 3.44. The summed E-state index contributed by atoms with van der Waals surface area (Å²) in [5, 5.41) is 11.6. The molecule has 4 heteroatoms. The highest BCUT2D eigenvalue weighted by Gasteiger charge is 1.93. The molecule has 0 amide bonds. The van der Waals surface area contributed by atoms with Crippen LogP contribution in [-0.2, 0) is 6.54 Å². The van der Waals surface area contributed by atoms with Gasteiger partial charge in [-0.2, -0.15) is 5.26 Å². The van der Waals surface area contributed by atoms with E-state index in [9.17, 15) is 0 Å². The summed E-state index contributed by atoms with van der Waals surface area (Å²) in [4.78, 5) is 4.19. The first-order valence-electron chi connectivity index (χ1n) is 5.29. The van der Waals surface area contributed by atoms with E-state index in [4.69, 9.17) is 11.0 Å². The van der Waals surface area contributed by atoms with Gasteiger partial charge in [0.2, 0.25) is 0 Å². The van der Waals surface area contributed by atoms with Crippen molar-refractivity contribution in [2.45, 2.75) is 19.9 Å². The number of hydrogen-bond donors (Lipinski definition) is 2. The Hall–Kier alpha value is -2.02. The van der Waals surface area contributed by atoms with E-state index in [1.165, 1.54) is 0 Å². The van der Waals surface area contributed by atoms with Gasteiger partial charge >= 0.3 is 0 Å². The molecule has 1 aromatic rings. The van der Waals surface area contributed by atoms with Crippen molar-refractivity contribution in [3.63, 3.8) is 0 Å². The zero-order chi connectivity index (χ0) is 11.8. The molecule has 16 heavy (non-hydrogen) atoms. The molecule has 1 rings (SSSR count). The van der Waals surface area contributed by atoms with Crippen LogP contribution in [0.1, 0.15) is 24.5 Å². The lowest BCUT2D eigenvalue weighted by molar-refractivity contribution is 0.825. The number of nitriles is 1. The average Bonchev–Trinajstić information content (AvgIpc) is 2.34. The number of nitrogens with two attached hydrogens (primary N) is 1. The number of nitrogens with zero attached hydrogens (tertiary/aromatic N) is 2.